The Morgan fingerprint density at radius 3 is 2.33 bits per heavy atom. The molecule has 1 aliphatic rings. The summed E-state index contributed by atoms with van der Waals surface area (Å²) in [7, 11) is 0. The standard InChI is InChI=1S/C15H18F3NO2/c16-15(17,18)13(11-7-3-1-4-8-11)19-14(20)21-12-9-5-2-6-10-12/h2,5-6,9-11,13H,1,3-4,7-8H2,(H,19,20)/t13-/m0/s1. The van der Waals surface area contributed by atoms with Crippen LogP contribution < -0.4 is 10.1 Å². The van der Waals surface area contributed by atoms with Gasteiger partial charge in [-0.05, 0) is 30.9 Å². The lowest BCUT2D eigenvalue weighted by Crippen LogP contribution is -2.51. The van der Waals surface area contributed by atoms with Crippen LogP contribution in [0.15, 0.2) is 30.3 Å². The molecule has 1 amide bonds. The van der Waals surface area contributed by atoms with Crippen LogP contribution in [0.4, 0.5) is 18.0 Å². The molecule has 0 radical (unpaired) electrons. The van der Waals surface area contributed by atoms with E-state index < -0.39 is 24.2 Å². The first kappa shape index (κ1) is 15.7. The van der Waals surface area contributed by atoms with Crippen molar-refractivity contribution in [3.8, 4) is 5.75 Å². The van der Waals surface area contributed by atoms with Gasteiger partial charge in [-0.1, -0.05) is 37.5 Å². The van der Waals surface area contributed by atoms with E-state index in [2.05, 4.69) is 0 Å². The number of hydrogen-bond donors (Lipinski definition) is 1. The Bertz CT molecular complexity index is 456. The fraction of sp³-hybridized carbons (Fsp3) is 0.533. The van der Waals surface area contributed by atoms with Crippen LogP contribution in [0.25, 0.3) is 0 Å². The zero-order valence-corrected chi connectivity index (χ0v) is 11.5. The van der Waals surface area contributed by atoms with Gasteiger partial charge in [0.25, 0.3) is 0 Å². The van der Waals surface area contributed by atoms with Gasteiger partial charge < -0.3 is 10.1 Å². The molecule has 0 aromatic heterocycles. The highest BCUT2D eigenvalue weighted by Gasteiger charge is 2.46. The van der Waals surface area contributed by atoms with E-state index in [0.717, 1.165) is 19.3 Å². The molecule has 3 nitrogen and oxygen atoms in total. The van der Waals surface area contributed by atoms with Crippen LogP contribution in [0.5, 0.6) is 5.75 Å². The van der Waals surface area contributed by atoms with Gasteiger partial charge in [-0.2, -0.15) is 13.2 Å². The smallest absolute Gasteiger partial charge is 0.410 e. The number of carbonyl (C=O) groups is 1. The minimum absolute atomic E-state index is 0.222. The van der Waals surface area contributed by atoms with Crippen molar-refractivity contribution in [2.75, 3.05) is 0 Å². The highest BCUT2D eigenvalue weighted by atomic mass is 19.4. The molecule has 0 bridgehead atoms. The topological polar surface area (TPSA) is 38.3 Å². The van der Waals surface area contributed by atoms with Gasteiger partial charge in [-0.15, -0.1) is 0 Å². The largest absolute Gasteiger partial charge is 0.413 e. The molecule has 0 saturated heterocycles. The second kappa shape index (κ2) is 6.83. The quantitative estimate of drug-likeness (QED) is 0.904. The van der Waals surface area contributed by atoms with Crippen molar-refractivity contribution < 1.29 is 22.7 Å². The minimum atomic E-state index is -4.46. The zero-order valence-electron chi connectivity index (χ0n) is 11.5. The molecule has 1 aromatic carbocycles. The van der Waals surface area contributed by atoms with Crippen molar-refractivity contribution in [2.45, 2.75) is 44.3 Å². The summed E-state index contributed by atoms with van der Waals surface area (Å²) in [6.45, 7) is 0. The lowest BCUT2D eigenvalue weighted by molar-refractivity contribution is -0.168. The molecule has 1 aliphatic carbocycles. The number of amides is 1. The Kier molecular flexibility index (Phi) is 5.09. The van der Waals surface area contributed by atoms with Gasteiger partial charge >= 0.3 is 12.3 Å². The summed E-state index contributed by atoms with van der Waals surface area (Å²) in [6, 6.07) is 6.21. The Hall–Kier alpha value is -1.72. The summed E-state index contributed by atoms with van der Waals surface area (Å²) in [5.74, 6) is -0.346. The fourth-order valence-corrected chi connectivity index (χ4v) is 2.69. The highest BCUT2D eigenvalue weighted by Crippen LogP contribution is 2.34. The Morgan fingerprint density at radius 2 is 1.76 bits per heavy atom. The van der Waals surface area contributed by atoms with Crippen molar-refractivity contribution in [3.05, 3.63) is 30.3 Å². The van der Waals surface area contributed by atoms with E-state index in [0.29, 0.717) is 12.8 Å². The molecule has 1 saturated carbocycles. The first-order chi connectivity index (χ1) is 9.97. The van der Waals surface area contributed by atoms with Gasteiger partial charge in [0.2, 0.25) is 0 Å². The Balaban J connectivity index is 1.99. The van der Waals surface area contributed by atoms with Gasteiger partial charge in [-0.3, -0.25) is 0 Å². The number of para-hydroxylation sites is 1. The molecule has 0 heterocycles. The molecule has 0 spiro atoms. The number of benzene rings is 1. The van der Waals surface area contributed by atoms with Crippen molar-refractivity contribution in [1.29, 1.82) is 0 Å². The number of hydrogen-bond acceptors (Lipinski definition) is 2. The van der Waals surface area contributed by atoms with E-state index >= 15 is 0 Å². The van der Waals surface area contributed by atoms with E-state index in [1.165, 1.54) is 12.1 Å². The van der Waals surface area contributed by atoms with Gasteiger partial charge in [-0.25, -0.2) is 4.79 Å². The zero-order chi connectivity index (χ0) is 15.3. The number of nitrogens with one attached hydrogen (secondary N) is 1. The van der Waals surface area contributed by atoms with Gasteiger partial charge in [0.1, 0.15) is 11.8 Å². The summed E-state index contributed by atoms with van der Waals surface area (Å²) in [6.07, 6.45) is -2.06. The molecule has 0 unspecified atom stereocenters. The lowest BCUT2D eigenvalue weighted by Gasteiger charge is -2.31. The third-order valence-corrected chi connectivity index (χ3v) is 3.70. The number of halogens is 3. The van der Waals surface area contributed by atoms with Crippen molar-refractivity contribution in [1.82, 2.24) is 5.32 Å². The van der Waals surface area contributed by atoms with Crippen molar-refractivity contribution >= 4 is 6.09 Å². The minimum Gasteiger partial charge on any atom is -0.410 e. The maximum atomic E-state index is 13.1. The maximum Gasteiger partial charge on any atom is 0.413 e. The molecule has 1 fully saturated rings. The molecule has 0 aliphatic heterocycles. The molecule has 116 valence electrons. The Labute approximate surface area is 121 Å². The summed E-state index contributed by atoms with van der Waals surface area (Å²) in [4.78, 5) is 11.7. The second-order valence-corrected chi connectivity index (χ2v) is 5.26. The second-order valence-electron chi connectivity index (χ2n) is 5.26. The molecular weight excluding hydrogens is 283 g/mol. The van der Waals surface area contributed by atoms with E-state index in [1.807, 2.05) is 5.32 Å². The van der Waals surface area contributed by atoms with Crippen LogP contribution in [0.1, 0.15) is 32.1 Å². The normalized spacial score (nSPS) is 18.0. The predicted octanol–water partition coefficient (Wildman–Crippen LogP) is 4.29. The van der Waals surface area contributed by atoms with Crippen molar-refractivity contribution in [3.63, 3.8) is 0 Å². The third kappa shape index (κ3) is 4.65. The summed E-state index contributed by atoms with van der Waals surface area (Å²) >= 11 is 0. The van der Waals surface area contributed by atoms with Crippen LogP contribution in [0.3, 0.4) is 0 Å². The van der Waals surface area contributed by atoms with Gasteiger partial charge in [0.15, 0.2) is 0 Å². The van der Waals surface area contributed by atoms with E-state index in [1.54, 1.807) is 18.2 Å². The van der Waals surface area contributed by atoms with Crippen LogP contribution in [0, 0.1) is 5.92 Å². The summed E-state index contributed by atoms with van der Waals surface area (Å²) in [5.41, 5.74) is 0. The SMILES string of the molecule is O=C(N[C@@H](C1CCCCC1)C(F)(F)F)Oc1ccccc1. The van der Waals surface area contributed by atoms with Crippen LogP contribution >= 0.6 is 0 Å². The molecule has 1 N–H and O–H groups in total. The summed E-state index contributed by atoms with van der Waals surface area (Å²) in [5, 5.41) is 1.99. The number of alkyl halides is 3. The maximum absolute atomic E-state index is 13.1. The summed E-state index contributed by atoms with van der Waals surface area (Å²) < 4.78 is 44.3. The van der Waals surface area contributed by atoms with E-state index in [9.17, 15) is 18.0 Å². The number of rotatable bonds is 3. The molecule has 1 aromatic rings. The Morgan fingerprint density at radius 1 is 1.14 bits per heavy atom. The first-order valence-electron chi connectivity index (χ1n) is 7.07. The van der Waals surface area contributed by atoms with E-state index in [4.69, 9.17) is 4.74 Å². The molecule has 1 atom stereocenters. The van der Waals surface area contributed by atoms with E-state index in [-0.39, 0.29) is 5.75 Å². The average molecular weight is 301 g/mol. The third-order valence-electron chi connectivity index (χ3n) is 3.70. The van der Waals surface area contributed by atoms with Gasteiger partial charge in [0, 0.05) is 0 Å². The highest BCUT2D eigenvalue weighted by molar-refractivity contribution is 5.70. The monoisotopic (exact) mass is 301 g/mol. The van der Waals surface area contributed by atoms with Crippen LogP contribution in [-0.2, 0) is 0 Å². The van der Waals surface area contributed by atoms with Gasteiger partial charge in [0.05, 0.1) is 0 Å². The molecule has 2 rings (SSSR count). The fourth-order valence-electron chi connectivity index (χ4n) is 2.69. The van der Waals surface area contributed by atoms with Crippen molar-refractivity contribution in [2.24, 2.45) is 5.92 Å². The molecular formula is C15H18F3NO2. The predicted molar refractivity (Wildman–Crippen MR) is 72.0 cm³/mol. The van der Waals surface area contributed by atoms with Crippen LogP contribution in [0.2, 0.25) is 0 Å². The number of ether oxygens (including phenoxy) is 1. The first-order valence-corrected chi connectivity index (χ1v) is 7.07. The number of carbonyl (C=O) groups excluding carboxylic acids is 1. The average Bonchev–Trinajstić information content (AvgIpc) is 2.45. The molecule has 21 heavy (non-hydrogen) atoms. The van der Waals surface area contributed by atoms with Crippen LogP contribution in [-0.4, -0.2) is 18.3 Å². The lowest BCUT2D eigenvalue weighted by atomic mass is 9.83. The molecule has 6 heteroatoms.